The van der Waals surface area contributed by atoms with Crippen LogP contribution in [0.2, 0.25) is 0 Å². The maximum absolute atomic E-state index is 12.3. The second kappa shape index (κ2) is 8.61. The van der Waals surface area contributed by atoms with E-state index in [9.17, 15) is 13.2 Å². The molecule has 6 heteroatoms. The topological polar surface area (TPSA) is 75.3 Å². The fraction of sp³-hybridized carbons (Fsp3) is 0.278. The highest BCUT2D eigenvalue weighted by Gasteiger charge is 2.13. The number of carbonyl (C=O) groups is 1. The van der Waals surface area contributed by atoms with Gasteiger partial charge in [-0.3, -0.25) is 4.79 Å². The molecule has 0 spiro atoms. The van der Waals surface area contributed by atoms with Crippen molar-refractivity contribution in [3.05, 3.63) is 65.7 Å². The zero-order valence-corrected chi connectivity index (χ0v) is 14.5. The third kappa shape index (κ3) is 5.47. The molecular formula is C18H22N2O3S. The van der Waals surface area contributed by atoms with Crippen molar-refractivity contribution in [2.24, 2.45) is 0 Å². The standard InChI is InChI=1S/C18H22N2O3S/c1-19-18(21)12-9-16-7-10-17(11-8-16)24(22,23)20-14-13-15-5-3-2-4-6-15/h2-8,10-11,20H,9,12-14H2,1H3,(H,19,21). The van der Waals surface area contributed by atoms with E-state index < -0.39 is 10.0 Å². The van der Waals surface area contributed by atoms with E-state index >= 15 is 0 Å². The van der Waals surface area contributed by atoms with Gasteiger partial charge in [-0.25, -0.2) is 13.1 Å². The first-order valence-corrected chi connectivity index (χ1v) is 9.33. The van der Waals surface area contributed by atoms with Crippen molar-refractivity contribution in [1.29, 1.82) is 0 Å². The average molecular weight is 346 g/mol. The Morgan fingerprint density at radius 1 is 0.917 bits per heavy atom. The number of aryl methyl sites for hydroxylation is 1. The molecule has 2 N–H and O–H groups in total. The Labute approximate surface area is 143 Å². The molecule has 0 bridgehead atoms. The fourth-order valence-corrected chi connectivity index (χ4v) is 3.31. The summed E-state index contributed by atoms with van der Waals surface area (Å²) < 4.78 is 27.2. The molecule has 0 radical (unpaired) electrons. The van der Waals surface area contributed by atoms with Gasteiger partial charge in [-0.1, -0.05) is 42.5 Å². The van der Waals surface area contributed by atoms with Crippen molar-refractivity contribution in [3.63, 3.8) is 0 Å². The molecule has 128 valence electrons. The van der Waals surface area contributed by atoms with E-state index in [-0.39, 0.29) is 10.8 Å². The highest BCUT2D eigenvalue weighted by molar-refractivity contribution is 7.89. The number of nitrogens with one attached hydrogen (secondary N) is 2. The lowest BCUT2D eigenvalue weighted by atomic mass is 10.1. The SMILES string of the molecule is CNC(=O)CCc1ccc(S(=O)(=O)NCCc2ccccc2)cc1. The van der Waals surface area contributed by atoms with Crippen LogP contribution >= 0.6 is 0 Å². The van der Waals surface area contributed by atoms with Crippen LogP contribution in [0.5, 0.6) is 0 Å². The third-order valence-corrected chi connectivity index (χ3v) is 5.18. The zero-order valence-electron chi connectivity index (χ0n) is 13.7. The molecule has 0 unspecified atom stereocenters. The Balaban J connectivity index is 1.90. The van der Waals surface area contributed by atoms with Crippen molar-refractivity contribution in [2.45, 2.75) is 24.2 Å². The smallest absolute Gasteiger partial charge is 0.240 e. The number of rotatable bonds is 8. The van der Waals surface area contributed by atoms with Gasteiger partial charge in [-0.2, -0.15) is 0 Å². The summed E-state index contributed by atoms with van der Waals surface area (Å²) >= 11 is 0. The van der Waals surface area contributed by atoms with E-state index in [1.54, 1.807) is 31.3 Å². The summed E-state index contributed by atoms with van der Waals surface area (Å²) in [6.07, 6.45) is 1.61. The predicted molar refractivity (Wildman–Crippen MR) is 94.2 cm³/mol. The lowest BCUT2D eigenvalue weighted by molar-refractivity contribution is -0.120. The minimum absolute atomic E-state index is 0.0331. The van der Waals surface area contributed by atoms with Crippen molar-refractivity contribution in [3.8, 4) is 0 Å². The third-order valence-electron chi connectivity index (χ3n) is 3.70. The molecule has 0 heterocycles. The first kappa shape index (κ1) is 18.2. The number of amides is 1. The van der Waals surface area contributed by atoms with Gasteiger partial charge in [-0.15, -0.1) is 0 Å². The van der Waals surface area contributed by atoms with Crippen LogP contribution in [0.4, 0.5) is 0 Å². The summed E-state index contributed by atoms with van der Waals surface area (Å²) in [5, 5.41) is 2.56. The molecule has 0 fully saturated rings. The number of sulfonamides is 1. The van der Waals surface area contributed by atoms with Crippen LogP contribution in [-0.2, 0) is 27.7 Å². The van der Waals surface area contributed by atoms with Crippen molar-refractivity contribution in [1.82, 2.24) is 10.0 Å². The monoisotopic (exact) mass is 346 g/mol. The molecular weight excluding hydrogens is 324 g/mol. The molecule has 1 amide bonds. The minimum atomic E-state index is -3.51. The predicted octanol–water partition coefficient (Wildman–Crippen LogP) is 1.89. The maximum Gasteiger partial charge on any atom is 0.240 e. The van der Waals surface area contributed by atoms with Crippen LogP contribution < -0.4 is 10.0 Å². The number of carbonyl (C=O) groups excluding carboxylic acids is 1. The Morgan fingerprint density at radius 3 is 2.17 bits per heavy atom. The van der Waals surface area contributed by atoms with Crippen LogP contribution in [0.15, 0.2) is 59.5 Å². The van der Waals surface area contributed by atoms with E-state index in [1.807, 2.05) is 30.3 Å². The van der Waals surface area contributed by atoms with E-state index in [2.05, 4.69) is 10.0 Å². The van der Waals surface area contributed by atoms with E-state index in [1.165, 1.54) is 0 Å². The van der Waals surface area contributed by atoms with Crippen LogP contribution in [-0.4, -0.2) is 27.9 Å². The molecule has 2 aromatic rings. The van der Waals surface area contributed by atoms with Crippen LogP contribution in [0.3, 0.4) is 0 Å². The fourth-order valence-electron chi connectivity index (χ4n) is 2.28. The number of hydrogen-bond acceptors (Lipinski definition) is 3. The molecule has 24 heavy (non-hydrogen) atoms. The summed E-state index contributed by atoms with van der Waals surface area (Å²) in [5.74, 6) is -0.0331. The summed E-state index contributed by atoms with van der Waals surface area (Å²) in [4.78, 5) is 11.5. The molecule has 0 saturated heterocycles. The minimum Gasteiger partial charge on any atom is -0.359 e. The van der Waals surface area contributed by atoms with Crippen molar-refractivity contribution < 1.29 is 13.2 Å². The lowest BCUT2D eigenvalue weighted by Crippen LogP contribution is -2.26. The van der Waals surface area contributed by atoms with Gasteiger partial charge in [0.25, 0.3) is 0 Å². The Hall–Kier alpha value is -2.18. The van der Waals surface area contributed by atoms with Crippen LogP contribution in [0.25, 0.3) is 0 Å². The quantitative estimate of drug-likeness (QED) is 0.766. The summed E-state index contributed by atoms with van der Waals surface area (Å²) in [6.45, 7) is 0.352. The van der Waals surface area contributed by atoms with Crippen LogP contribution in [0.1, 0.15) is 17.5 Å². The van der Waals surface area contributed by atoms with Gasteiger partial charge < -0.3 is 5.32 Å². The van der Waals surface area contributed by atoms with Gasteiger partial charge in [-0.05, 0) is 36.1 Å². The van der Waals surface area contributed by atoms with E-state index in [4.69, 9.17) is 0 Å². The largest absolute Gasteiger partial charge is 0.359 e. The Kier molecular flexibility index (Phi) is 6.52. The average Bonchev–Trinajstić information content (AvgIpc) is 2.60. The molecule has 0 aliphatic heterocycles. The van der Waals surface area contributed by atoms with Crippen molar-refractivity contribution >= 4 is 15.9 Å². The summed E-state index contributed by atoms with van der Waals surface area (Å²) in [6, 6.07) is 16.4. The molecule has 5 nitrogen and oxygen atoms in total. The molecule has 0 aliphatic carbocycles. The molecule has 2 rings (SSSR count). The molecule has 0 aliphatic rings. The van der Waals surface area contributed by atoms with Gasteiger partial charge in [0, 0.05) is 20.0 Å². The highest BCUT2D eigenvalue weighted by Crippen LogP contribution is 2.12. The summed E-state index contributed by atoms with van der Waals surface area (Å²) in [5.41, 5.74) is 2.02. The Bertz CT molecular complexity index is 757. The number of hydrogen-bond donors (Lipinski definition) is 2. The highest BCUT2D eigenvalue weighted by atomic mass is 32.2. The van der Waals surface area contributed by atoms with Crippen molar-refractivity contribution in [2.75, 3.05) is 13.6 Å². The number of benzene rings is 2. The molecule has 0 atom stereocenters. The van der Waals surface area contributed by atoms with Gasteiger partial charge in [0.05, 0.1) is 4.90 Å². The van der Waals surface area contributed by atoms with Gasteiger partial charge >= 0.3 is 0 Å². The first-order valence-electron chi connectivity index (χ1n) is 7.84. The van der Waals surface area contributed by atoms with E-state index in [0.29, 0.717) is 25.8 Å². The molecule has 0 aromatic heterocycles. The van der Waals surface area contributed by atoms with Gasteiger partial charge in [0.2, 0.25) is 15.9 Å². The summed E-state index contributed by atoms with van der Waals surface area (Å²) in [7, 11) is -1.92. The normalized spacial score (nSPS) is 11.2. The lowest BCUT2D eigenvalue weighted by Gasteiger charge is -2.08. The second-order valence-corrected chi connectivity index (χ2v) is 7.22. The van der Waals surface area contributed by atoms with Gasteiger partial charge in [0.1, 0.15) is 0 Å². The zero-order chi connectivity index (χ0) is 17.4. The maximum atomic E-state index is 12.3. The van der Waals surface area contributed by atoms with Gasteiger partial charge in [0.15, 0.2) is 0 Å². The van der Waals surface area contributed by atoms with E-state index in [0.717, 1.165) is 11.1 Å². The molecule has 0 saturated carbocycles. The Morgan fingerprint density at radius 2 is 1.54 bits per heavy atom. The first-order chi connectivity index (χ1) is 11.5. The second-order valence-electron chi connectivity index (χ2n) is 5.45. The van der Waals surface area contributed by atoms with Crippen LogP contribution in [0, 0.1) is 0 Å². The molecule has 2 aromatic carbocycles.